The summed E-state index contributed by atoms with van der Waals surface area (Å²) in [7, 11) is 0. The number of hydrogen-bond donors (Lipinski definition) is 1. The molecule has 1 aliphatic rings. The van der Waals surface area contributed by atoms with Crippen LogP contribution in [0.3, 0.4) is 0 Å². The van der Waals surface area contributed by atoms with Crippen LogP contribution in [0, 0.1) is 6.92 Å². The summed E-state index contributed by atoms with van der Waals surface area (Å²) >= 11 is 6.45. The van der Waals surface area contributed by atoms with Crippen molar-refractivity contribution in [1.29, 1.82) is 0 Å². The minimum absolute atomic E-state index is 0.176. The maximum atomic E-state index is 12.6. The lowest BCUT2D eigenvalue weighted by Gasteiger charge is -2.21. The van der Waals surface area contributed by atoms with E-state index in [1.165, 1.54) is 12.8 Å². The molecule has 1 saturated heterocycles. The summed E-state index contributed by atoms with van der Waals surface area (Å²) in [4.78, 5) is 14.9. The van der Waals surface area contributed by atoms with Crippen molar-refractivity contribution in [2.45, 2.75) is 39.5 Å². The number of nitrogens with zero attached hydrogens (tertiary/aromatic N) is 1. The molecule has 1 N–H and O–H groups in total. The zero-order valence-corrected chi connectivity index (χ0v) is 16.8. The average Bonchev–Trinajstić information content (AvgIpc) is 3.19. The van der Waals surface area contributed by atoms with Crippen LogP contribution in [0.4, 0.5) is 11.4 Å². The van der Waals surface area contributed by atoms with Gasteiger partial charge in [-0.05, 0) is 68.1 Å². The Morgan fingerprint density at radius 1 is 1.19 bits per heavy atom. The third kappa shape index (κ3) is 4.95. The van der Waals surface area contributed by atoms with Crippen molar-refractivity contribution in [3.05, 3.63) is 52.5 Å². The molecule has 3 rings (SSSR count). The van der Waals surface area contributed by atoms with Crippen LogP contribution in [0.15, 0.2) is 36.4 Å². The number of carbonyl (C=O) groups excluding carboxylic acids is 1. The van der Waals surface area contributed by atoms with Crippen LogP contribution in [-0.2, 0) is 0 Å². The monoisotopic (exact) mass is 386 g/mol. The highest BCUT2D eigenvalue weighted by atomic mass is 35.5. The lowest BCUT2D eigenvalue weighted by atomic mass is 10.1. The summed E-state index contributed by atoms with van der Waals surface area (Å²) in [6.07, 6.45) is 4.55. The van der Waals surface area contributed by atoms with E-state index in [-0.39, 0.29) is 5.91 Å². The number of aryl methyl sites for hydroxylation is 1. The minimum Gasteiger partial charge on any atom is -0.494 e. The van der Waals surface area contributed by atoms with E-state index in [1.807, 2.05) is 24.3 Å². The first-order chi connectivity index (χ1) is 13.1. The molecule has 0 atom stereocenters. The second kappa shape index (κ2) is 9.14. The van der Waals surface area contributed by atoms with Crippen molar-refractivity contribution in [3.63, 3.8) is 0 Å². The molecule has 1 aliphatic heterocycles. The number of anilines is 2. The molecule has 2 aromatic carbocycles. The maximum Gasteiger partial charge on any atom is 0.255 e. The van der Waals surface area contributed by atoms with Crippen molar-refractivity contribution >= 4 is 28.9 Å². The Morgan fingerprint density at radius 3 is 2.56 bits per heavy atom. The normalized spacial score (nSPS) is 13.7. The molecule has 0 aromatic heterocycles. The van der Waals surface area contributed by atoms with Gasteiger partial charge in [-0.1, -0.05) is 24.9 Å². The molecule has 144 valence electrons. The van der Waals surface area contributed by atoms with Gasteiger partial charge in [-0.3, -0.25) is 4.79 Å². The Hall–Kier alpha value is -2.20. The topological polar surface area (TPSA) is 41.6 Å². The first-order valence-corrected chi connectivity index (χ1v) is 10.1. The van der Waals surface area contributed by atoms with Crippen molar-refractivity contribution in [3.8, 4) is 5.75 Å². The van der Waals surface area contributed by atoms with Gasteiger partial charge in [-0.15, -0.1) is 0 Å². The Morgan fingerprint density at radius 2 is 1.89 bits per heavy atom. The fourth-order valence-electron chi connectivity index (χ4n) is 3.30. The number of amides is 1. The zero-order valence-electron chi connectivity index (χ0n) is 16.1. The van der Waals surface area contributed by atoms with Gasteiger partial charge in [-0.2, -0.15) is 0 Å². The lowest BCUT2D eigenvalue weighted by molar-refractivity contribution is 0.102. The molecule has 0 aliphatic carbocycles. The molecule has 4 nitrogen and oxygen atoms in total. The Balaban J connectivity index is 1.67. The molecule has 1 amide bonds. The Kier molecular flexibility index (Phi) is 6.62. The Bertz CT molecular complexity index is 784. The van der Waals surface area contributed by atoms with Crippen LogP contribution < -0.4 is 15.0 Å². The van der Waals surface area contributed by atoms with Crippen molar-refractivity contribution < 1.29 is 9.53 Å². The molecule has 1 fully saturated rings. The van der Waals surface area contributed by atoms with E-state index in [2.05, 4.69) is 24.1 Å². The quantitative estimate of drug-likeness (QED) is 0.622. The third-order valence-electron chi connectivity index (χ3n) is 4.86. The van der Waals surface area contributed by atoms with E-state index in [0.717, 1.165) is 42.9 Å². The number of unbranched alkanes of at least 4 members (excludes halogenated alkanes) is 1. The maximum absolute atomic E-state index is 12.6. The first kappa shape index (κ1) is 19.6. The summed E-state index contributed by atoms with van der Waals surface area (Å²) in [5.74, 6) is 0.606. The number of nitrogens with one attached hydrogen (secondary N) is 1. The fourth-order valence-corrected chi connectivity index (χ4v) is 3.50. The Labute approximate surface area is 166 Å². The summed E-state index contributed by atoms with van der Waals surface area (Å²) in [5.41, 5.74) is 3.50. The standard InChI is InChI=1S/C22H27ClN2O2/c1-3-4-13-27-18-9-7-17(8-10-18)22(26)24-20-14-16(2)21(15-19(20)23)25-11-5-6-12-25/h7-10,14-15H,3-6,11-13H2,1-2H3,(H,24,26). The van der Waals surface area contributed by atoms with Gasteiger partial charge in [0, 0.05) is 24.3 Å². The molecular formula is C22H27ClN2O2. The SMILES string of the molecule is CCCCOc1ccc(C(=O)Nc2cc(C)c(N3CCCC3)cc2Cl)cc1. The first-order valence-electron chi connectivity index (χ1n) is 9.68. The third-order valence-corrected chi connectivity index (χ3v) is 5.18. The van der Waals surface area contributed by atoms with Gasteiger partial charge in [0.1, 0.15) is 5.75 Å². The van der Waals surface area contributed by atoms with Gasteiger partial charge in [0.05, 0.1) is 17.3 Å². The predicted octanol–water partition coefficient (Wildman–Crippen LogP) is 5.68. The highest BCUT2D eigenvalue weighted by molar-refractivity contribution is 6.34. The number of rotatable bonds is 7. The molecule has 27 heavy (non-hydrogen) atoms. The number of hydrogen-bond acceptors (Lipinski definition) is 3. The lowest BCUT2D eigenvalue weighted by Crippen LogP contribution is -2.19. The molecule has 0 unspecified atom stereocenters. The second-order valence-corrected chi connectivity index (χ2v) is 7.40. The van der Waals surface area contributed by atoms with Gasteiger partial charge in [0.15, 0.2) is 0 Å². The minimum atomic E-state index is -0.176. The summed E-state index contributed by atoms with van der Waals surface area (Å²) < 4.78 is 5.64. The molecule has 0 bridgehead atoms. The van der Waals surface area contributed by atoms with Gasteiger partial charge < -0.3 is 15.0 Å². The van der Waals surface area contributed by atoms with Crippen molar-refractivity contribution in [2.24, 2.45) is 0 Å². The van der Waals surface area contributed by atoms with E-state index in [0.29, 0.717) is 22.9 Å². The van der Waals surface area contributed by atoms with E-state index >= 15 is 0 Å². The van der Waals surface area contributed by atoms with Gasteiger partial charge in [0.25, 0.3) is 5.91 Å². The van der Waals surface area contributed by atoms with Crippen molar-refractivity contribution in [2.75, 3.05) is 29.9 Å². The van der Waals surface area contributed by atoms with Gasteiger partial charge in [0.2, 0.25) is 0 Å². The highest BCUT2D eigenvalue weighted by Crippen LogP contribution is 2.33. The second-order valence-electron chi connectivity index (χ2n) is 6.99. The van der Waals surface area contributed by atoms with Gasteiger partial charge in [-0.25, -0.2) is 0 Å². The fraction of sp³-hybridized carbons (Fsp3) is 0.409. The summed E-state index contributed by atoms with van der Waals surface area (Å²) in [6.45, 7) is 7.01. The van der Waals surface area contributed by atoms with E-state index < -0.39 is 0 Å². The van der Waals surface area contributed by atoms with Crippen LogP contribution >= 0.6 is 11.6 Å². The molecule has 0 radical (unpaired) electrons. The van der Waals surface area contributed by atoms with Crippen LogP contribution in [0.2, 0.25) is 5.02 Å². The van der Waals surface area contributed by atoms with E-state index in [9.17, 15) is 4.79 Å². The molecule has 2 aromatic rings. The van der Waals surface area contributed by atoms with Crippen LogP contribution in [0.5, 0.6) is 5.75 Å². The molecule has 5 heteroatoms. The highest BCUT2D eigenvalue weighted by Gasteiger charge is 2.17. The molecular weight excluding hydrogens is 360 g/mol. The molecule has 0 saturated carbocycles. The number of ether oxygens (including phenoxy) is 1. The largest absolute Gasteiger partial charge is 0.494 e. The van der Waals surface area contributed by atoms with E-state index in [4.69, 9.17) is 16.3 Å². The zero-order chi connectivity index (χ0) is 19.2. The summed E-state index contributed by atoms with van der Waals surface area (Å²) in [5, 5.41) is 3.49. The summed E-state index contributed by atoms with van der Waals surface area (Å²) in [6, 6.07) is 11.1. The van der Waals surface area contributed by atoms with E-state index in [1.54, 1.807) is 12.1 Å². The van der Waals surface area contributed by atoms with Crippen LogP contribution in [-0.4, -0.2) is 25.6 Å². The molecule has 0 spiro atoms. The number of carbonyl (C=O) groups is 1. The van der Waals surface area contributed by atoms with Gasteiger partial charge >= 0.3 is 0 Å². The smallest absolute Gasteiger partial charge is 0.255 e. The average molecular weight is 387 g/mol. The van der Waals surface area contributed by atoms with Crippen molar-refractivity contribution in [1.82, 2.24) is 0 Å². The molecule has 1 heterocycles. The van der Waals surface area contributed by atoms with Crippen LogP contribution in [0.25, 0.3) is 0 Å². The number of benzene rings is 2. The van der Waals surface area contributed by atoms with Crippen LogP contribution in [0.1, 0.15) is 48.5 Å². The predicted molar refractivity (Wildman–Crippen MR) is 112 cm³/mol. The number of halogens is 1.